The van der Waals surface area contributed by atoms with Crippen LogP contribution in [0.3, 0.4) is 0 Å². The van der Waals surface area contributed by atoms with E-state index in [9.17, 15) is 9.59 Å². The molecule has 2 aliphatic heterocycles. The fraction of sp³-hybridized carbons (Fsp3) is 0.632. The molecule has 142 valence electrons. The van der Waals surface area contributed by atoms with E-state index in [1.54, 1.807) is 12.3 Å². The molecule has 3 heterocycles. The van der Waals surface area contributed by atoms with Gasteiger partial charge < -0.3 is 15.1 Å². The Morgan fingerprint density at radius 2 is 2.00 bits per heavy atom. The van der Waals surface area contributed by atoms with Gasteiger partial charge in [0, 0.05) is 45.8 Å². The number of amides is 2. The number of likely N-dealkylation sites (tertiary alicyclic amines) is 1. The number of hydrogen-bond acceptors (Lipinski definition) is 4. The topological polar surface area (TPSA) is 65.5 Å². The maximum atomic E-state index is 12.6. The zero-order chi connectivity index (χ0) is 18.5. The molecule has 2 amide bonds. The number of aromatic nitrogens is 1. The average molecular weight is 379 g/mol. The summed E-state index contributed by atoms with van der Waals surface area (Å²) in [6, 6.07) is 1.75. The third-order valence-electron chi connectivity index (χ3n) is 5.17. The van der Waals surface area contributed by atoms with Crippen LogP contribution in [0, 0.1) is 5.92 Å². The van der Waals surface area contributed by atoms with Gasteiger partial charge in [0.15, 0.2) is 0 Å². The van der Waals surface area contributed by atoms with E-state index in [0.29, 0.717) is 23.0 Å². The van der Waals surface area contributed by atoms with Gasteiger partial charge in [0.05, 0.1) is 10.6 Å². The first kappa shape index (κ1) is 19.0. The number of rotatable bonds is 4. The number of piperidine rings is 2. The van der Waals surface area contributed by atoms with E-state index in [1.807, 2.05) is 4.90 Å². The van der Waals surface area contributed by atoms with E-state index < -0.39 is 0 Å². The summed E-state index contributed by atoms with van der Waals surface area (Å²) in [5.74, 6) is 1.14. The molecule has 1 N–H and O–H groups in total. The first-order chi connectivity index (χ1) is 12.5. The molecule has 3 rings (SSSR count). The van der Waals surface area contributed by atoms with Crippen LogP contribution in [0.1, 0.15) is 49.4 Å². The Bertz CT molecular complexity index is 661. The standard InChI is InChI=1S/C19H27ClN4O2/c1-14(25)21-11-15-6-5-9-24(13-15)18-17(20)10-16(12-22-18)19(26)23-7-3-2-4-8-23/h10,12,15H,2-9,11,13H2,1H3,(H,21,25). The number of halogens is 1. The minimum absolute atomic E-state index is 0.00106. The first-order valence-corrected chi connectivity index (χ1v) is 9.86. The van der Waals surface area contributed by atoms with Crippen molar-refractivity contribution in [2.75, 3.05) is 37.6 Å². The SMILES string of the molecule is CC(=O)NCC1CCCN(c2ncc(C(=O)N3CCCCC3)cc2Cl)C1. The van der Waals surface area contributed by atoms with Crippen LogP contribution in [0.2, 0.25) is 5.02 Å². The lowest BCUT2D eigenvalue weighted by atomic mass is 9.98. The second-order valence-corrected chi connectivity index (χ2v) is 7.68. The van der Waals surface area contributed by atoms with Crippen LogP contribution < -0.4 is 10.2 Å². The van der Waals surface area contributed by atoms with Gasteiger partial charge in [0.25, 0.3) is 5.91 Å². The highest BCUT2D eigenvalue weighted by Gasteiger charge is 2.24. The summed E-state index contributed by atoms with van der Waals surface area (Å²) in [7, 11) is 0. The highest BCUT2D eigenvalue weighted by atomic mass is 35.5. The summed E-state index contributed by atoms with van der Waals surface area (Å²) in [5, 5.41) is 3.41. The quantitative estimate of drug-likeness (QED) is 0.874. The molecule has 1 aromatic heterocycles. The van der Waals surface area contributed by atoms with Gasteiger partial charge in [-0.25, -0.2) is 4.98 Å². The molecular weight excluding hydrogens is 352 g/mol. The Balaban J connectivity index is 1.66. The molecule has 2 fully saturated rings. The number of carbonyl (C=O) groups excluding carboxylic acids is 2. The van der Waals surface area contributed by atoms with Crippen molar-refractivity contribution in [2.45, 2.75) is 39.0 Å². The van der Waals surface area contributed by atoms with Crippen molar-refractivity contribution in [2.24, 2.45) is 5.92 Å². The normalized spacial score (nSPS) is 20.8. The lowest BCUT2D eigenvalue weighted by molar-refractivity contribution is -0.119. The zero-order valence-electron chi connectivity index (χ0n) is 15.3. The van der Waals surface area contributed by atoms with Gasteiger partial charge in [-0.15, -0.1) is 0 Å². The highest BCUT2D eigenvalue weighted by molar-refractivity contribution is 6.33. The Kier molecular flexibility index (Phi) is 6.35. The second kappa shape index (κ2) is 8.71. The summed E-state index contributed by atoms with van der Waals surface area (Å²) >= 11 is 6.48. The summed E-state index contributed by atoms with van der Waals surface area (Å²) in [6.07, 6.45) is 7.09. The van der Waals surface area contributed by atoms with Gasteiger partial charge in [-0.05, 0) is 44.1 Å². The predicted molar refractivity (Wildman–Crippen MR) is 103 cm³/mol. The summed E-state index contributed by atoms with van der Waals surface area (Å²) in [5.41, 5.74) is 0.562. The molecule has 1 atom stereocenters. The molecule has 6 nitrogen and oxygen atoms in total. The molecule has 1 unspecified atom stereocenters. The van der Waals surface area contributed by atoms with Gasteiger partial charge in [-0.2, -0.15) is 0 Å². The molecular formula is C19H27ClN4O2. The van der Waals surface area contributed by atoms with Crippen molar-refractivity contribution >= 4 is 29.2 Å². The van der Waals surface area contributed by atoms with Crippen LogP contribution in [-0.2, 0) is 4.79 Å². The number of nitrogens with zero attached hydrogens (tertiary/aromatic N) is 3. The van der Waals surface area contributed by atoms with Crippen molar-refractivity contribution in [1.29, 1.82) is 0 Å². The molecule has 2 saturated heterocycles. The largest absolute Gasteiger partial charge is 0.356 e. The van der Waals surface area contributed by atoms with Crippen LogP contribution in [0.15, 0.2) is 12.3 Å². The lowest BCUT2D eigenvalue weighted by Crippen LogP contribution is -2.41. The molecule has 1 aromatic rings. The highest BCUT2D eigenvalue weighted by Crippen LogP contribution is 2.29. The average Bonchev–Trinajstić information content (AvgIpc) is 2.66. The van der Waals surface area contributed by atoms with Crippen molar-refractivity contribution < 1.29 is 9.59 Å². The molecule has 2 aliphatic rings. The van der Waals surface area contributed by atoms with Crippen LogP contribution in [0.4, 0.5) is 5.82 Å². The van der Waals surface area contributed by atoms with Crippen molar-refractivity contribution in [3.05, 3.63) is 22.8 Å². The van der Waals surface area contributed by atoms with Crippen molar-refractivity contribution in [3.63, 3.8) is 0 Å². The zero-order valence-corrected chi connectivity index (χ0v) is 16.1. The molecule has 0 aliphatic carbocycles. The van der Waals surface area contributed by atoms with E-state index in [4.69, 9.17) is 11.6 Å². The van der Waals surface area contributed by atoms with Gasteiger partial charge in [0.2, 0.25) is 5.91 Å². The van der Waals surface area contributed by atoms with E-state index in [1.165, 1.54) is 13.3 Å². The minimum Gasteiger partial charge on any atom is -0.356 e. The molecule has 7 heteroatoms. The van der Waals surface area contributed by atoms with Gasteiger partial charge >= 0.3 is 0 Å². The Morgan fingerprint density at radius 3 is 2.69 bits per heavy atom. The number of pyridine rings is 1. The minimum atomic E-state index is -0.00106. The Hall–Kier alpha value is -1.82. The molecule has 0 bridgehead atoms. The smallest absolute Gasteiger partial charge is 0.255 e. The maximum Gasteiger partial charge on any atom is 0.255 e. The number of anilines is 1. The molecule has 0 aromatic carbocycles. The maximum absolute atomic E-state index is 12.6. The van der Waals surface area contributed by atoms with E-state index in [0.717, 1.165) is 57.7 Å². The van der Waals surface area contributed by atoms with Gasteiger partial charge in [-0.3, -0.25) is 9.59 Å². The second-order valence-electron chi connectivity index (χ2n) is 7.27. The molecule has 0 saturated carbocycles. The van der Waals surface area contributed by atoms with Crippen LogP contribution in [0.25, 0.3) is 0 Å². The number of nitrogens with one attached hydrogen (secondary N) is 1. The first-order valence-electron chi connectivity index (χ1n) is 9.49. The Labute approximate surface area is 159 Å². The number of hydrogen-bond donors (Lipinski definition) is 1. The summed E-state index contributed by atoms with van der Waals surface area (Å²) < 4.78 is 0. The van der Waals surface area contributed by atoms with E-state index >= 15 is 0 Å². The fourth-order valence-corrected chi connectivity index (χ4v) is 4.06. The fourth-order valence-electron chi connectivity index (χ4n) is 3.77. The summed E-state index contributed by atoms with van der Waals surface area (Å²) in [6.45, 7) is 5.55. The van der Waals surface area contributed by atoms with Crippen LogP contribution in [-0.4, -0.2) is 54.4 Å². The summed E-state index contributed by atoms with van der Waals surface area (Å²) in [4.78, 5) is 32.3. The van der Waals surface area contributed by atoms with E-state index in [-0.39, 0.29) is 11.8 Å². The third kappa shape index (κ3) is 4.67. The lowest BCUT2D eigenvalue weighted by Gasteiger charge is -2.34. The van der Waals surface area contributed by atoms with Crippen molar-refractivity contribution in [3.8, 4) is 0 Å². The third-order valence-corrected chi connectivity index (χ3v) is 5.45. The van der Waals surface area contributed by atoms with Crippen LogP contribution >= 0.6 is 11.6 Å². The van der Waals surface area contributed by atoms with Gasteiger partial charge in [-0.1, -0.05) is 11.6 Å². The molecule has 0 radical (unpaired) electrons. The van der Waals surface area contributed by atoms with Gasteiger partial charge in [0.1, 0.15) is 5.82 Å². The Morgan fingerprint density at radius 1 is 1.23 bits per heavy atom. The predicted octanol–water partition coefficient (Wildman–Crippen LogP) is 2.71. The van der Waals surface area contributed by atoms with E-state index in [2.05, 4.69) is 15.2 Å². The van der Waals surface area contributed by atoms with Crippen LogP contribution in [0.5, 0.6) is 0 Å². The number of carbonyl (C=O) groups is 2. The molecule has 0 spiro atoms. The molecule has 26 heavy (non-hydrogen) atoms. The van der Waals surface area contributed by atoms with Crippen molar-refractivity contribution in [1.82, 2.24) is 15.2 Å². The monoisotopic (exact) mass is 378 g/mol.